The van der Waals surface area contributed by atoms with Gasteiger partial charge < -0.3 is 14.2 Å². The number of sulfone groups is 1. The van der Waals surface area contributed by atoms with Crippen LogP contribution in [0.1, 0.15) is 16.7 Å². The van der Waals surface area contributed by atoms with Crippen LogP contribution in [0.15, 0.2) is 83.8 Å². The van der Waals surface area contributed by atoms with Crippen LogP contribution in [-0.2, 0) is 29.4 Å². The van der Waals surface area contributed by atoms with Crippen LogP contribution in [0.2, 0.25) is 0 Å². The molecule has 0 spiro atoms. The number of hydrogen-bond donors (Lipinski definition) is 0. The molecule has 0 aliphatic carbocycles. The molecule has 0 N–H and O–H groups in total. The molecule has 7 nitrogen and oxygen atoms in total. The molecule has 0 atom stereocenters. The lowest BCUT2D eigenvalue weighted by Crippen LogP contribution is -2.15. The van der Waals surface area contributed by atoms with Gasteiger partial charge in [0.2, 0.25) is 0 Å². The summed E-state index contributed by atoms with van der Waals surface area (Å²) in [6.07, 6.45) is 0.144. The van der Waals surface area contributed by atoms with Gasteiger partial charge >= 0.3 is 12.1 Å². The first-order valence-electron chi connectivity index (χ1n) is 10.4. The smallest absolute Gasteiger partial charge is 0.465 e. The lowest BCUT2D eigenvalue weighted by atomic mass is 9.95. The summed E-state index contributed by atoms with van der Waals surface area (Å²) in [6, 6.07) is 21.6. The van der Waals surface area contributed by atoms with E-state index in [1.54, 1.807) is 60.7 Å². The number of halogens is 1. The fourth-order valence-corrected chi connectivity index (χ4v) is 4.25. The Hall–Kier alpha value is -3.43. The zero-order valence-electron chi connectivity index (χ0n) is 19.1. The van der Waals surface area contributed by atoms with Crippen LogP contribution < -0.4 is 4.74 Å². The molecule has 3 aromatic rings. The van der Waals surface area contributed by atoms with Gasteiger partial charge in [-0.1, -0.05) is 70.5 Å². The molecule has 0 unspecified atom stereocenters. The highest BCUT2D eigenvalue weighted by atomic mass is 79.9. The quantitative estimate of drug-likeness (QED) is 0.122. The highest BCUT2D eigenvalue weighted by molar-refractivity contribution is 9.08. The third kappa shape index (κ3) is 7.03. The summed E-state index contributed by atoms with van der Waals surface area (Å²) in [6.45, 7) is -0.325. The van der Waals surface area contributed by atoms with Crippen molar-refractivity contribution in [3.63, 3.8) is 0 Å². The van der Waals surface area contributed by atoms with Crippen molar-refractivity contribution in [2.24, 2.45) is 0 Å². The molecule has 9 heteroatoms. The molecule has 0 bridgehead atoms. The molecular formula is C26H23BrO7S. The maximum absolute atomic E-state index is 12.8. The van der Waals surface area contributed by atoms with E-state index < -0.39 is 22.0 Å². The van der Waals surface area contributed by atoms with Crippen LogP contribution in [0.4, 0.5) is 4.79 Å². The van der Waals surface area contributed by atoms with Crippen molar-refractivity contribution < 1.29 is 32.2 Å². The SMILES string of the molecule is COC(=O)C(=C(COC(=O)Oc1cccc(CBr)c1)c1ccc(S(C)(=O)=O)cc1)c1ccccc1. The number of methoxy groups -OCH3 is 1. The van der Waals surface area contributed by atoms with E-state index in [0.717, 1.165) is 11.8 Å². The van der Waals surface area contributed by atoms with Gasteiger partial charge in [-0.25, -0.2) is 18.0 Å². The third-order valence-corrected chi connectivity index (χ3v) is 6.75. The average Bonchev–Trinajstić information content (AvgIpc) is 2.86. The predicted octanol–water partition coefficient (Wildman–Crippen LogP) is 5.28. The number of carbonyl (C=O) groups is 2. The number of rotatable bonds is 8. The van der Waals surface area contributed by atoms with Gasteiger partial charge in [-0.3, -0.25) is 0 Å². The second-order valence-corrected chi connectivity index (χ2v) is 10.0. The molecule has 0 aliphatic rings. The molecule has 0 saturated heterocycles. The van der Waals surface area contributed by atoms with Gasteiger partial charge in [-0.15, -0.1) is 0 Å². The Morgan fingerprint density at radius 3 is 2.17 bits per heavy atom. The molecule has 0 saturated carbocycles. The van der Waals surface area contributed by atoms with Gasteiger partial charge in [0.15, 0.2) is 9.84 Å². The molecule has 3 aromatic carbocycles. The van der Waals surface area contributed by atoms with Crippen molar-refractivity contribution in [3.05, 3.63) is 95.6 Å². The molecule has 182 valence electrons. The molecule has 0 heterocycles. The highest BCUT2D eigenvalue weighted by Gasteiger charge is 2.22. The first kappa shape index (κ1) is 26.2. The molecule has 0 amide bonds. The number of benzene rings is 3. The second kappa shape index (κ2) is 11.8. The Bertz CT molecular complexity index is 1330. The Kier molecular flexibility index (Phi) is 8.84. The molecule has 3 rings (SSSR count). The van der Waals surface area contributed by atoms with Crippen LogP contribution >= 0.6 is 15.9 Å². The van der Waals surface area contributed by atoms with Gasteiger partial charge in [0, 0.05) is 17.2 Å². The van der Waals surface area contributed by atoms with E-state index in [-0.39, 0.29) is 17.1 Å². The number of esters is 1. The Morgan fingerprint density at radius 1 is 0.886 bits per heavy atom. The fourth-order valence-electron chi connectivity index (χ4n) is 3.27. The Morgan fingerprint density at radius 2 is 1.57 bits per heavy atom. The first-order valence-corrected chi connectivity index (χ1v) is 13.4. The summed E-state index contributed by atoms with van der Waals surface area (Å²) in [5.74, 6) is -0.327. The van der Waals surface area contributed by atoms with Crippen molar-refractivity contribution in [1.82, 2.24) is 0 Å². The Labute approximate surface area is 212 Å². The summed E-state index contributed by atoms with van der Waals surface area (Å²) in [5.41, 5.74) is 2.45. The number of carbonyl (C=O) groups excluding carboxylic acids is 2. The zero-order valence-corrected chi connectivity index (χ0v) is 21.5. The number of hydrogen-bond acceptors (Lipinski definition) is 7. The first-order chi connectivity index (χ1) is 16.7. The summed E-state index contributed by atoms with van der Waals surface area (Å²) in [5, 5.41) is 0.592. The maximum atomic E-state index is 12.8. The number of alkyl halides is 1. The summed E-state index contributed by atoms with van der Waals surface area (Å²) in [7, 11) is -2.17. The van der Waals surface area contributed by atoms with Gasteiger partial charge in [-0.2, -0.15) is 0 Å². The van der Waals surface area contributed by atoms with E-state index in [4.69, 9.17) is 14.2 Å². The zero-order chi connectivity index (χ0) is 25.4. The van der Waals surface area contributed by atoms with Crippen molar-refractivity contribution in [1.29, 1.82) is 0 Å². The van der Waals surface area contributed by atoms with Crippen LogP contribution in [-0.4, -0.2) is 40.5 Å². The summed E-state index contributed by atoms with van der Waals surface area (Å²) < 4.78 is 39.4. The monoisotopic (exact) mass is 558 g/mol. The van der Waals surface area contributed by atoms with Gasteiger partial charge in [0.25, 0.3) is 0 Å². The van der Waals surface area contributed by atoms with Crippen LogP contribution in [0, 0.1) is 0 Å². The van der Waals surface area contributed by atoms with E-state index in [1.807, 2.05) is 6.07 Å². The minimum atomic E-state index is -3.42. The van der Waals surface area contributed by atoms with E-state index in [2.05, 4.69) is 15.9 Å². The minimum absolute atomic E-state index is 0.118. The molecule has 0 radical (unpaired) electrons. The number of ether oxygens (including phenoxy) is 3. The maximum Gasteiger partial charge on any atom is 0.514 e. The van der Waals surface area contributed by atoms with Crippen molar-refractivity contribution >= 4 is 49.0 Å². The van der Waals surface area contributed by atoms with Gasteiger partial charge in [0.1, 0.15) is 12.4 Å². The summed E-state index contributed by atoms with van der Waals surface area (Å²) >= 11 is 3.35. The molecular weight excluding hydrogens is 536 g/mol. The van der Waals surface area contributed by atoms with Crippen LogP contribution in [0.3, 0.4) is 0 Å². The normalized spacial score (nSPS) is 11.9. The topological polar surface area (TPSA) is 96.0 Å². The Balaban J connectivity index is 1.99. The molecule has 0 aromatic heterocycles. The molecule has 0 fully saturated rings. The van der Waals surface area contributed by atoms with Crippen molar-refractivity contribution in [2.45, 2.75) is 10.2 Å². The van der Waals surface area contributed by atoms with E-state index >= 15 is 0 Å². The van der Waals surface area contributed by atoms with E-state index in [1.165, 1.54) is 19.2 Å². The average molecular weight is 559 g/mol. The van der Waals surface area contributed by atoms with E-state index in [0.29, 0.717) is 27.8 Å². The van der Waals surface area contributed by atoms with Crippen molar-refractivity contribution in [2.75, 3.05) is 20.0 Å². The van der Waals surface area contributed by atoms with E-state index in [9.17, 15) is 18.0 Å². The summed E-state index contributed by atoms with van der Waals surface area (Å²) in [4.78, 5) is 25.4. The lowest BCUT2D eigenvalue weighted by Gasteiger charge is -2.16. The second-order valence-electron chi connectivity index (χ2n) is 7.43. The fraction of sp³-hybridized carbons (Fsp3) is 0.154. The molecule has 0 aliphatic heterocycles. The molecule has 35 heavy (non-hydrogen) atoms. The lowest BCUT2D eigenvalue weighted by molar-refractivity contribution is -0.133. The van der Waals surface area contributed by atoms with Gasteiger partial charge in [0.05, 0.1) is 17.6 Å². The highest BCUT2D eigenvalue weighted by Crippen LogP contribution is 2.29. The van der Waals surface area contributed by atoms with Crippen LogP contribution in [0.25, 0.3) is 11.1 Å². The van der Waals surface area contributed by atoms with Crippen molar-refractivity contribution in [3.8, 4) is 5.75 Å². The minimum Gasteiger partial charge on any atom is -0.465 e. The van der Waals surface area contributed by atoms with Crippen LogP contribution in [0.5, 0.6) is 5.75 Å². The predicted molar refractivity (Wildman–Crippen MR) is 136 cm³/mol. The largest absolute Gasteiger partial charge is 0.514 e. The third-order valence-electron chi connectivity index (χ3n) is 4.97. The standard InChI is InChI=1S/C26H23BrO7S/c1-32-25(28)24(20-8-4-3-5-9-20)23(19-11-13-22(14-12-19)35(2,30)31)17-33-26(29)34-21-10-6-7-18(15-21)16-27/h3-15H,16-17H2,1-2H3. The van der Waals surface area contributed by atoms with Gasteiger partial charge in [-0.05, 0) is 41.0 Å².